The average molecular weight is 165 g/mol. The van der Waals surface area contributed by atoms with E-state index in [-0.39, 0.29) is 24.5 Å². The molecule has 1 aromatic heterocycles. The summed E-state index contributed by atoms with van der Waals surface area (Å²) in [6, 6.07) is 0. The van der Waals surface area contributed by atoms with Crippen LogP contribution in [0, 0.1) is 5.95 Å². The monoisotopic (exact) mass is 164 g/mol. The van der Waals surface area contributed by atoms with Gasteiger partial charge < -0.3 is 9.78 Å². The number of imidazole rings is 1. The number of H-pyrrole nitrogens is 1. The summed E-state index contributed by atoms with van der Waals surface area (Å²) < 4.78 is 12.2. The van der Waals surface area contributed by atoms with E-state index >= 15 is 0 Å². The van der Waals surface area contributed by atoms with Gasteiger partial charge in [-0.2, -0.15) is 4.39 Å². The third-order valence-electron chi connectivity index (χ3n) is 0.953. The van der Waals surface area contributed by atoms with Crippen molar-refractivity contribution in [3.63, 3.8) is 0 Å². The van der Waals surface area contributed by atoms with Gasteiger partial charge in [-0.15, -0.1) is 12.4 Å². The Bertz CT molecular complexity index is 213. The van der Waals surface area contributed by atoms with E-state index in [1.807, 2.05) is 0 Å². The van der Waals surface area contributed by atoms with Crippen molar-refractivity contribution in [2.75, 3.05) is 0 Å². The first-order chi connectivity index (χ1) is 4.34. The van der Waals surface area contributed by atoms with Crippen LogP contribution in [-0.2, 0) is 11.2 Å². The highest BCUT2D eigenvalue weighted by Crippen LogP contribution is 1.97. The highest BCUT2D eigenvalue weighted by atomic mass is 35.5. The Morgan fingerprint density at radius 2 is 2.50 bits per heavy atom. The van der Waals surface area contributed by atoms with Gasteiger partial charge in [0.2, 0.25) is 5.95 Å². The Hall–Kier alpha value is -0.900. The Morgan fingerprint density at radius 3 is 2.90 bits per heavy atom. The van der Waals surface area contributed by atoms with Crippen molar-refractivity contribution in [2.24, 2.45) is 0 Å². The predicted octanol–water partition coefficient (Wildman–Crippen LogP) is 0.712. The SMILES string of the molecule is Cl.O=CCc1[nH]cnc1F. The Kier molecular flexibility index (Phi) is 3.64. The standard InChI is InChI=1S/C5H5FN2O.ClH/c6-5-4(1-2-9)7-3-8-5;/h2-3H,1H2,(H,7,8);1H. The maximum atomic E-state index is 12.2. The molecular formula is C5H6ClFN2O. The van der Waals surface area contributed by atoms with Crippen LogP contribution < -0.4 is 0 Å². The van der Waals surface area contributed by atoms with Crippen LogP contribution in [0.5, 0.6) is 0 Å². The molecule has 1 heterocycles. The lowest BCUT2D eigenvalue weighted by atomic mass is 10.4. The molecule has 0 aromatic carbocycles. The molecule has 0 saturated heterocycles. The number of aromatic amines is 1. The number of halogens is 2. The summed E-state index contributed by atoms with van der Waals surface area (Å²) in [6.45, 7) is 0. The van der Waals surface area contributed by atoms with Crippen molar-refractivity contribution in [3.8, 4) is 0 Å². The molecule has 0 unspecified atom stereocenters. The summed E-state index contributed by atoms with van der Waals surface area (Å²) >= 11 is 0. The first kappa shape index (κ1) is 9.10. The molecule has 0 aliphatic carbocycles. The second-order valence-electron chi connectivity index (χ2n) is 1.54. The van der Waals surface area contributed by atoms with Gasteiger partial charge in [0.1, 0.15) is 6.29 Å². The quantitative estimate of drug-likeness (QED) is 0.655. The number of hydrogen-bond donors (Lipinski definition) is 1. The second-order valence-corrected chi connectivity index (χ2v) is 1.54. The van der Waals surface area contributed by atoms with Crippen LogP contribution in [0.2, 0.25) is 0 Å². The van der Waals surface area contributed by atoms with Crippen LogP contribution in [0.1, 0.15) is 5.69 Å². The number of aromatic nitrogens is 2. The molecule has 1 aromatic rings. The molecule has 0 radical (unpaired) electrons. The number of rotatable bonds is 2. The highest BCUT2D eigenvalue weighted by molar-refractivity contribution is 5.85. The summed E-state index contributed by atoms with van der Waals surface area (Å²) in [5.41, 5.74) is 0.241. The third kappa shape index (κ3) is 1.80. The minimum absolute atomic E-state index is 0. The van der Waals surface area contributed by atoms with Gasteiger partial charge in [-0.1, -0.05) is 0 Å². The minimum atomic E-state index is -0.595. The van der Waals surface area contributed by atoms with Gasteiger partial charge >= 0.3 is 0 Å². The van der Waals surface area contributed by atoms with Crippen LogP contribution in [0.15, 0.2) is 6.33 Å². The normalized spacial score (nSPS) is 8.50. The Balaban J connectivity index is 0.000000810. The van der Waals surface area contributed by atoms with Crippen molar-refractivity contribution in [2.45, 2.75) is 6.42 Å². The van der Waals surface area contributed by atoms with Crippen LogP contribution in [0.4, 0.5) is 4.39 Å². The first-order valence-electron chi connectivity index (χ1n) is 2.46. The van der Waals surface area contributed by atoms with Gasteiger partial charge in [0.25, 0.3) is 0 Å². The van der Waals surface area contributed by atoms with E-state index in [0.717, 1.165) is 0 Å². The van der Waals surface area contributed by atoms with Crippen molar-refractivity contribution in [1.29, 1.82) is 0 Å². The molecule has 0 saturated carbocycles. The van der Waals surface area contributed by atoms with Gasteiger partial charge in [0.05, 0.1) is 12.0 Å². The fourth-order valence-electron chi connectivity index (χ4n) is 0.531. The zero-order chi connectivity index (χ0) is 6.69. The molecule has 0 fully saturated rings. The molecule has 56 valence electrons. The topological polar surface area (TPSA) is 45.8 Å². The molecule has 0 spiro atoms. The maximum Gasteiger partial charge on any atom is 0.234 e. The summed E-state index contributed by atoms with van der Waals surface area (Å²) in [7, 11) is 0. The third-order valence-corrected chi connectivity index (χ3v) is 0.953. The van der Waals surface area contributed by atoms with Gasteiger partial charge in [0.15, 0.2) is 0 Å². The summed E-state index contributed by atoms with van der Waals surface area (Å²) in [4.78, 5) is 15.6. The fraction of sp³-hybridized carbons (Fsp3) is 0.200. The molecule has 0 aliphatic heterocycles. The summed E-state index contributed by atoms with van der Waals surface area (Å²) in [5, 5.41) is 0. The zero-order valence-corrected chi connectivity index (χ0v) is 5.82. The molecule has 10 heavy (non-hydrogen) atoms. The lowest BCUT2D eigenvalue weighted by Gasteiger charge is -1.82. The molecule has 0 bridgehead atoms. The van der Waals surface area contributed by atoms with Crippen molar-refractivity contribution in [1.82, 2.24) is 9.97 Å². The lowest BCUT2D eigenvalue weighted by Crippen LogP contribution is -1.88. The number of hydrogen-bond acceptors (Lipinski definition) is 2. The smallest absolute Gasteiger partial charge is 0.234 e. The van der Waals surface area contributed by atoms with Crippen LogP contribution in [0.25, 0.3) is 0 Å². The predicted molar refractivity (Wildman–Crippen MR) is 35.6 cm³/mol. The lowest BCUT2D eigenvalue weighted by molar-refractivity contribution is -0.107. The van der Waals surface area contributed by atoms with E-state index in [1.165, 1.54) is 6.33 Å². The Labute approximate surface area is 63.1 Å². The molecule has 0 amide bonds. The van der Waals surface area contributed by atoms with E-state index in [9.17, 15) is 9.18 Å². The van der Waals surface area contributed by atoms with Crippen LogP contribution in [-0.4, -0.2) is 16.3 Å². The molecule has 0 aliphatic rings. The van der Waals surface area contributed by atoms with Gasteiger partial charge in [-0.05, 0) is 0 Å². The van der Waals surface area contributed by atoms with E-state index in [0.29, 0.717) is 6.29 Å². The van der Waals surface area contributed by atoms with Crippen molar-refractivity contribution in [3.05, 3.63) is 18.0 Å². The van der Waals surface area contributed by atoms with Crippen molar-refractivity contribution < 1.29 is 9.18 Å². The average Bonchev–Trinajstić information content (AvgIpc) is 2.18. The van der Waals surface area contributed by atoms with E-state index in [1.54, 1.807) is 0 Å². The first-order valence-corrected chi connectivity index (χ1v) is 2.46. The Morgan fingerprint density at radius 1 is 1.80 bits per heavy atom. The van der Waals surface area contributed by atoms with E-state index < -0.39 is 5.95 Å². The summed E-state index contributed by atoms with van der Waals surface area (Å²) in [6.07, 6.45) is 1.90. The minimum Gasteiger partial charge on any atom is -0.346 e. The number of nitrogens with one attached hydrogen (secondary N) is 1. The number of aldehydes is 1. The maximum absolute atomic E-state index is 12.2. The molecule has 0 atom stereocenters. The number of nitrogens with zero attached hydrogens (tertiary/aromatic N) is 1. The van der Waals surface area contributed by atoms with Crippen LogP contribution in [0.3, 0.4) is 0 Å². The fourth-order valence-corrected chi connectivity index (χ4v) is 0.531. The van der Waals surface area contributed by atoms with E-state index in [2.05, 4.69) is 9.97 Å². The van der Waals surface area contributed by atoms with Gasteiger partial charge in [0, 0.05) is 6.42 Å². The summed E-state index contributed by atoms with van der Waals surface area (Å²) in [5.74, 6) is -0.595. The molecule has 1 N–H and O–H groups in total. The molecular weight excluding hydrogens is 159 g/mol. The zero-order valence-electron chi connectivity index (χ0n) is 5.00. The second kappa shape index (κ2) is 4.00. The molecule has 5 heteroatoms. The number of carbonyl (C=O) groups is 1. The van der Waals surface area contributed by atoms with Crippen LogP contribution >= 0.6 is 12.4 Å². The van der Waals surface area contributed by atoms with E-state index in [4.69, 9.17) is 0 Å². The van der Waals surface area contributed by atoms with Gasteiger partial charge in [-0.3, -0.25) is 0 Å². The largest absolute Gasteiger partial charge is 0.346 e. The molecule has 3 nitrogen and oxygen atoms in total. The van der Waals surface area contributed by atoms with Crippen molar-refractivity contribution >= 4 is 18.7 Å². The number of carbonyl (C=O) groups excluding carboxylic acids is 1. The highest BCUT2D eigenvalue weighted by Gasteiger charge is 2.00. The van der Waals surface area contributed by atoms with Gasteiger partial charge in [-0.25, -0.2) is 4.98 Å². The molecule has 1 rings (SSSR count).